The van der Waals surface area contributed by atoms with E-state index in [-0.39, 0.29) is 18.0 Å². The minimum absolute atomic E-state index is 0.117. The van der Waals surface area contributed by atoms with Gasteiger partial charge in [-0.3, -0.25) is 14.5 Å². The lowest BCUT2D eigenvalue weighted by Crippen LogP contribution is -2.34. The second kappa shape index (κ2) is 9.61. The molecular formula is C23H28N4O4. The number of ether oxygens (including phenoxy) is 2. The van der Waals surface area contributed by atoms with Crippen LogP contribution in [0, 0.1) is 13.8 Å². The predicted octanol–water partition coefficient (Wildman–Crippen LogP) is 3.02. The fourth-order valence-electron chi connectivity index (χ4n) is 3.47. The van der Waals surface area contributed by atoms with E-state index in [1.807, 2.05) is 43.9 Å². The highest BCUT2D eigenvalue weighted by Gasteiger charge is 2.15. The molecule has 0 saturated carbocycles. The van der Waals surface area contributed by atoms with Gasteiger partial charge in [0.1, 0.15) is 5.82 Å². The largest absolute Gasteiger partial charge is 0.493 e. The second-order valence-electron chi connectivity index (χ2n) is 7.36. The standard InChI is InChI=1S/C23H28N4O4/c1-6-27(13-21(28)26-22-14(2)8-7-9-15(22)3)12-20-24-17-11-19(31-5)18(30-4)10-16(17)23(29)25-20/h7-11H,6,12-13H2,1-5H3,(H,26,28)(H,24,25,29). The Morgan fingerprint density at radius 1 is 1.13 bits per heavy atom. The van der Waals surface area contributed by atoms with Crippen LogP contribution in [0.1, 0.15) is 23.9 Å². The van der Waals surface area contributed by atoms with Crippen molar-refractivity contribution in [2.24, 2.45) is 0 Å². The highest BCUT2D eigenvalue weighted by molar-refractivity contribution is 5.93. The van der Waals surface area contributed by atoms with Crippen molar-refractivity contribution < 1.29 is 14.3 Å². The highest BCUT2D eigenvalue weighted by Crippen LogP contribution is 2.30. The van der Waals surface area contributed by atoms with Gasteiger partial charge >= 0.3 is 0 Å². The molecule has 0 atom stereocenters. The van der Waals surface area contributed by atoms with E-state index in [4.69, 9.17) is 9.47 Å². The summed E-state index contributed by atoms with van der Waals surface area (Å²) in [5.41, 5.74) is 3.11. The fourth-order valence-corrected chi connectivity index (χ4v) is 3.47. The van der Waals surface area contributed by atoms with Crippen molar-refractivity contribution in [3.05, 3.63) is 57.6 Å². The Morgan fingerprint density at radius 2 is 1.77 bits per heavy atom. The first kappa shape index (κ1) is 22.3. The van der Waals surface area contributed by atoms with E-state index < -0.39 is 0 Å². The van der Waals surface area contributed by atoms with Crippen LogP contribution < -0.4 is 20.3 Å². The topological polar surface area (TPSA) is 96.6 Å². The molecule has 0 spiro atoms. The number of amides is 1. The minimum atomic E-state index is -0.267. The van der Waals surface area contributed by atoms with Gasteiger partial charge in [-0.15, -0.1) is 0 Å². The molecule has 1 aromatic heterocycles. The Morgan fingerprint density at radius 3 is 2.39 bits per heavy atom. The summed E-state index contributed by atoms with van der Waals surface area (Å²) in [5.74, 6) is 1.33. The number of aromatic amines is 1. The number of aromatic nitrogens is 2. The number of carbonyl (C=O) groups is 1. The smallest absolute Gasteiger partial charge is 0.258 e. The Balaban J connectivity index is 1.79. The third-order valence-corrected chi connectivity index (χ3v) is 5.19. The normalized spacial score (nSPS) is 11.0. The zero-order chi connectivity index (χ0) is 22.5. The number of methoxy groups -OCH3 is 2. The third kappa shape index (κ3) is 5.03. The van der Waals surface area contributed by atoms with Crippen LogP contribution in [-0.2, 0) is 11.3 Å². The number of nitrogens with one attached hydrogen (secondary N) is 2. The zero-order valence-electron chi connectivity index (χ0n) is 18.5. The van der Waals surface area contributed by atoms with E-state index in [0.717, 1.165) is 16.8 Å². The van der Waals surface area contributed by atoms with Gasteiger partial charge in [-0.05, 0) is 37.6 Å². The summed E-state index contributed by atoms with van der Waals surface area (Å²) < 4.78 is 10.6. The van der Waals surface area contributed by atoms with Crippen molar-refractivity contribution in [3.63, 3.8) is 0 Å². The lowest BCUT2D eigenvalue weighted by Gasteiger charge is -2.20. The predicted molar refractivity (Wildman–Crippen MR) is 121 cm³/mol. The van der Waals surface area contributed by atoms with Gasteiger partial charge in [0.25, 0.3) is 5.56 Å². The molecule has 164 valence electrons. The molecule has 0 saturated heterocycles. The first-order chi connectivity index (χ1) is 14.9. The van der Waals surface area contributed by atoms with Crippen molar-refractivity contribution in [2.75, 3.05) is 32.6 Å². The lowest BCUT2D eigenvalue weighted by molar-refractivity contribution is -0.117. The van der Waals surface area contributed by atoms with Gasteiger partial charge in [-0.25, -0.2) is 4.98 Å². The molecule has 1 heterocycles. The SMILES string of the molecule is CCN(CC(=O)Nc1c(C)cccc1C)Cc1nc2cc(OC)c(OC)cc2c(=O)[nH]1. The number of hydrogen-bond donors (Lipinski definition) is 2. The quantitative estimate of drug-likeness (QED) is 0.577. The summed E-state index contributed by atoms with van der Waals surface area (Å²) in [4.78, 5) is 34.5. The van der Waals surface area contributed by atoms with Gasteiger partial charge in [0.05, 0.1) is 38.2 Å². The van der Waals surface area contributed by atoms with Crippen LogP contribution in [-0.4, -0.2) is 48.1 Å². The van der Waals surface area contributed by atoms with Gasteiger partial charge in [-0.1, -0.05) is 25.1 Å². The third-order valence-electron chi connectivity index (χ3n) is 5.19. The van der Waals surface area contributed by atoms with Crippen molar-refractivity contribution in [2.45, 2.75) is 27.3 Å². The van der Waals surface area contributed by atoms with E-state index >= 15 is 0 Å². The Labute approximate surface area is 181 Å². The molecule has 8 nitrogen and oxygen atoms in total. The van der Waals surface area contributed by atoms with Gasteiger partial charge in [0.2, 0.25) is 5.91 Å². The molecule has 3 rings (SSSR count). The number of para-hydroxylation sites is 1. The molecule has 0 aliphatic carbocycles. The van der Waals surface area contributed by atoms with E-state index in [9.17, 15) is 9.59 Å². The molecule has 0 unspecified atom stereocenters. The van der Waals surface area contributed by atoms with E-state index in [2.05, 4.69) is 15.3 Å². The number of nitrogens with zero attached hydrogens (tertiary/aromatic N) is 2. The average molecular weight is 425 g/mol. The zero-order valence-corrected chi connectivity index (χ0v) is 18.5. The number of anilines is 1. The molecule has 0 fully saturated rings. The number of benzene rings is 2. The summed E-state index contributed by atoms with van der Waals surface area (Å²) in [7, 11) is 3.05. The monoisotopic (exact) mass is 424 g/mol. The summed E-state index contributed by atoms with van der Waals surface area (Å²) in [6, 6.07) is 9.18. The van der Waals surface area contributed by atoms with Crippen molar-refractivity contribution in [3.8, 4) is 11.5 Å². The van der Waals surface area contributed by atoms with Crippen LogP contribution >= 0.6 is 0 Å². The van der Waals surface area contributed by atoms with Crippen LogP contribution in [0.25, 0.3) is 10.9 Å². The number of likely N-dealkylation sites (N-methyl/N-ethyl adjacent to an activating group) is 1. The lowest BCUT2D eigenvalue weighted by atomic mass is 10.1. The Kier molecular flexibility index (Phi) is 6.91. The molecule has 0 radical (unpaired) electrons. The number of aryl methyl sites for hydroxylation is 2. The molecule has 31 heavy (non-hydrogen) atoms. The molecule has 1 amide bonds. The number of H-pyrrole nitrogens is 1. The number of rotatable bonds is 8. The average Bonchev–Trinajstić information content (AvgIpc) is 2.75. The molecular weight excluding hydrogens is 396 g/mol. The maximum absolute atomic E-state index is 12.6. The molecule has 0 aliphatic rings. The summed E-state index contributed by atoms with van der Waals surface area (Å²) in [6.07, 6.45) is 0. The maximum Gasteiger partial charge on any atom is 0.258 e. The van der Waals surface area contributed by atoms with Crippen LogP contribution in [0.15, 0.2) is 35.1 Å². The van der Waals surface area contributed by atoms with Gasteiger partial charge < -0.3 is 19.8 Å². The molecule has 2 N–H and O–H groups in total. The van der Waals surface area contributed by atoms with Crippen LogP contribution in [0.4, 0.5) is 5.69 Å². The first-order valence-corrected chi connectivity index (χ1v) is 10.1. The van der Waals surface area contributed by atoms with E-state index in [1.54, 1.807) is 12.1 Å². The highest BCUT2D eigenvalue weighted by atomic mass is 16.5. The summed E-state index contributed by atoms with van der Waals surface area (Å²) in [6.45, 7) is 7.02. The number of hydrogen-bond acceptors (Lipinski definition) is 6. The maximum atomic E-state index is 12.6. The van der Waals surface area contributed by atoms with Crippen molar-refractivity contribution in [1.29, 1.82) is 0 Å². The summed E-state index contributed by atoms with van der Waals surface area (Å²) in [5, 5.41) is 3.41. The summed E-state index contributed by atoms with van der Waals surface area (Å²) >= 11 is 0. The van der Waals surface area contributed by atoms with Crippen LogP contribution in [0.3, 0.4) is 0 Å². The minimum Gasteiger partial charge on any atom is -0.493 e. The van der Waals surface area contributed by atoms with Crippen molar-refractivity contribution >= 4 is 22.5 Å². The van der Waals surface area contributed by atoms with Crippen LogP contribution in [0.2, 0.25) is 0 Å². The molecule has 3 aromatic rings. The Hall–Kier alpha value is -3.39. The first-order valence-electron chi connectivity index (χ1n) is 10.1. The van der Waals surface area contributed by atoms with Gasteiger partial charge in [0.15, 0.2) is 11.5 Å². The molecule has 8 heteroatoms. The fraction of sp³-hybridized carbons (Fsp3) is 0.348. The van der Waals surface area contributed by atoms with Gasteiger partial charge in [0, 0.05) is 11.8 Å². The Bertz CT molecular complexity index is 1140. The number of carbonyl (C=O) groups excluding carboxylic acids is 1. The number of fused-ring (bicyclic) bond motifs is 1. The molecule has 2 aromatic carbocycles. The van der Waals surface area contributed by atoms with E-state index in [1.165, 1.54) is 14.2 Å². The molecule has 0 aliphatic heterocycles. The molecule has 0 bridgehead atoms. The second-order valence-corrected chi connectivity index (χ2v) is 7.36. The van der Waals surface area contributed by atoms with Crippen molar-refractivity contribution in [1.82, 2.24) is 14.9 Å². The van der Waals surface area contributed by atoms with Gasteiger partial charge in [-0.2, -0.15) is 0 Å². The van der Waals surface area contributed by atoms with E-state index in [0.29, 0.717) is 41.3 Å². The van der Waals surface area contributed by atoms with Crippen LogP contribution in [0.5, 0.6) is 11.5 Å².